The molecule has 1 aromatic heterocycles. The van der Waals surface area contributed by atoms with E-state index < -0.39 is 0 Å². The third-order valence-corrected chi connectivity index (χ3v) is 5.95. The lowest BCUT2D eigenvalue weighted by molar-refractivity contribution is 0.0996. The molecule has 0 aliphatic heterocycles. The lowest BCUT2D eigenvalue weighted by atomic mass is 10.2. The molecule has 170 valence electrons. The van der Waals surface area contributed by atoms with Crippen LogP contribution in [0.25, 0.3) is 10.2 Å². The van der Waals surface area contributed by atoms with Crippen molar-refractivity contribution in [3.63, 3.8) is 0 Å². The van der Waals surface area contributed by atoms with Crippen LogP contribution >= 0.6 is 11.3 Å². The molecule has 1 heterocycles. The van der Waals surface area contributed by atoms with Crippen LogP contribution in [0.1, 0.15) is 24.2 Å². The highest BCUT2D eigenvalue weighted by Gasteiger charge is 2.13. The average molecular weight is 463 g/mol. The normalized spacial score (nSPS) is 11.6. The minimum Gasteiger partial charge on any atom is -0.492 e. The second-order valence-corrected chi connectivity index (χ2v) is 8.13. The van der Waals surface area contributed by atoms with Gasteiger partial charge in [-0.1, -0.05) is 35.6 Å². The Morgan fingerprint density at radius 3 is 2.39 bits per heavy atom. The number of carbonyl (C=O) groups is 1. The molecule has 7 heteroatoms. The number of hydrogen-bond acceptors (Lipinski definition) is 5. The zero-order valence-corrected chi connectivity index (χ0v) is 19.5. The zero-order valence-electron chi connectivity index (χ0n) is 18.7. The second-order valence-electron chi connectivity index (χ2n) is 7.13. The summed E-state index contributed by atoms with van der Waals surface area (Å²) >= 11 is 1.47. The topological polar surface area (TPSA) is 62.1 Å². The van der Waals surface area contributed by atoms with Crippen LogP contribution in [0, 0.1) is 0 Å². The Kier molecular flexibility index (Phi) is 7.55. The minimum absolute atomic E-state index is 0.309. The number of thiazole rings is 1. The predicted molar refractivity (Wildman–Crippen MR) is 130 cm³/mol. The van der Waals surface area contributed by atoms with Crippen molar-refractivity contribution < 1.29 is 19.0 Å². The van der Waals surface area contributed by atoms with Crippen LogP contribution in [0.4, 0.5) is 0 Å². The highest BCUT2D eigenvalue weighted by atomic mass is 32.1. The van der Waals surface area contributed by atoms with Crippen molar-refractivity contribution in [2.75, 3.05) is 19.8 Å². The van der Waals surface area contributed by atoms with Gasteiger partial charge in [-0.3, -0.25) is 4.79 Å². The SMILES string of the molecule is CCOCCn1c(=NC(=O)c2ccc(Oc3ccccc3)cc2)sc2cccc(OCC)c21. The maximum atomic E-state index is 13.0. The van der Waals surface area contributed by atoms with Gasteiger partial charge in [-0.2, -0.15) is 4.99 Å². The largest absolute Gasteiger partial charge is 0.492 e. The smallest absolute Gasteiger partial charge is 0.279 e. The molecule has 6 nitrogen and oxygen atoms in total. The Hall–Kier alpha value is -3.42. The van der Waals surface area contributed by atoms with Gasteiger partial charge in [-0.05, 0) is 62.4 Å². The number of para-hydroxylation sites is 2. The zero-order chi connectivity index (χ0) is 23.0. The summed E-state index contributed by atoms with van der Waals surface area (Å²) in [6.45, 7) is 6.20. The van der Waals surface area contributed by atoms with Gasteiger partial charge in [0.05, 0.1) is 17.9 Å². The Bertz CT molecular complexity index is 1280. The molecule has 0 bridgehead atoms. The van der Waals surface area contributed by atoms with Crippen LogP contribution in [0.5, 0.6) is 17.2 Å². The van der Waals surface area contributed by atoms with Crippen LogP contribution in [0.15, 0.2) is 77.8 Å². The van der Waals surface area contributed by atoms with E-state index in [9.17, 15) is 4.79 Å². The van der Waals surface area contributed by atoms with E-state index in [0.717, 1.165) is 21.7 Å². The molecule has 0 saturated heterocycles. The number of rotatable bonds is 9. The molecule has 0 saturated carbocycles. The van der Waals surface area contributed by atoms with Gasteiger partial charge in [0, 0.05) is 18.7 Å². The molecule has 4 rings (SSSR count). The van der Waals surface area contributed by atoms with Gasteiger partial charge in [0.25, 0.3) is 5.91 Å². The standard InChI is InChI=1S/C26H26N2O4S/c1-3-30-18-17-28-24-22(31-4-2)11-8-12-23(24)33-26(28)27-25(29)19-13-15-21(16-14-19)32-20-9-6-5-7-10-20/h5-16H,3-4,17-18H2,1-2H3. The number of hydrogen-bond donors (Lipinski definition) is 0. The van der Waals surface area contributed by atoms with E-state index >= 15 is 0 Å². The van der Waals surface area contributed by atoms with Crippen LogP contribution in [0.2, 0.25) is 0 Å². The molecule has 0 spiro atoms. The minimum atomic E-state index is -0.309. The number of carbonyl (C=O) groups excluding carboxylic acids is 1. The number of amides is 1. The average Bonchev–Trinajstić information content (AvgIpc) is 3.18. The molecule has 0 radical (unpaired) electrons. The molecule has 0 fully saturated rings. The lowest BCUT2D eigenvalue weighted by Crippen LogP contribution is -2.20. The third kappa shape index (κ3) is 5.50. The summed E-state index contributed by atoms with van der Waals surface area (Å²) in [6, 6.07) is 22.4. The number of benzene rings is 3. The fourth-order valence-corrected chi connectivity index (χ4v) is 4.48. The van der Waals surface area contributed by atoms with E-state index in [1.165, 1.54) is 11.3 Å². The summed E-state index contributed by atoms with van der Waals surface area (Å²) < 4.78 is 20.2. The number of aromatic nitrogens is 1. The van der Waals surface area contributed by atoms with E-state index in [4.69, 9.17) is 14.2 Å². The van der Waals surface area contributed by atoms with E-state index in [2.05, 4.69) is 4.99 Å². The number of nitrogens with zero attached hydrogens (tertiary/aromatic N) is 2. The van der Waals surface area contributed by atoms with Crippen molar-refractivity contribution in [1.82, 2.24) is 4.57 Å². The highest BCUT2D eigenvalue weighted by molar-refractivity contribution is 7.16. The van der Waals surface area contributed by atoms with Crippen LogP contribution in [-0.4, -0.2) is 30.3 Å². The van der Waals surface area contributed by atoms with E-state index in [0.29, 0.717) is 42.5 Å². The fraction of sp³-hybridized carbons (Fsp3) is 0.231. The van der Waals surface area contributed by atoms with Gasteiger partial charge in [0.2, 0.25) is 0 Å². The van der Waals surface area contributed by atoms with Crippen molar-refractivity contribution in [1.29, 1.82) is 0 Å². The highest BCUT2D eigenvalue weighted by Crippen LogP contribution is 2.28. The Balaban J connectivity index is 1.65. The van der Waals surface area contributed by atoms with Crippen LogP contribution in [-0.2, 0) is 11.3 Å². The van der Waals surface area contributed by atoms with Crippen molar-refractivity contribution in [2.24, 2.45) is 4.99 Å². The summed E-state index contributed by atoms with van der Waals surface area (Å²) in [6.07, 6.45) is 0. The molecule has 0 atom stereocenters. The maximum Gasteiger partial charge on any atom is 0.279 e. The summed E-state index contributed by atoms with van der Waals surface area (Å²) in [5, 5.41) is 0. The monoisotopic (exact) mass is 462 g/mol. The molecule has 0 N–H and O–H groups in total. The first kappa shape index (κ1) is 22.8. The molecular formula is C26H26N2O4S. The predicted octanol–water partition coefficient (Wildman–Crippen LogP) is 5.67. The van der Waals surface area contributed by atoms with Gasteiger partial charge in [-0.25, -0.2) is 0 Å². The van der Waals surface area contributed by atoms with E-state index in [-0.39, 0.29) is 5.91 Å². The van der Waals surface area contributed by atoms with Gasteiger partial charge in [-0.15, -0.1) is 0 Å². The summed E-state index contributed by atoms with van der Waals surface area (Å²) in [5.74, 6) is 1.87. The van der Waals surface area contributed by atoms with Crippen molar-refractivity contribution in [3.05, 3.63) is 83.2 Å². The van der Waals surface area contributed by atoms with Gasteiger partial charge in [0.15, 0.2) is 4.80 Å². The molecule has 3 aromatic carbocycles. The summed E-state index contributed by atoms with van der Waals surface area (Å²) in [7, 11) is 0. The Labute approximate surface area is 196 Å². The van der Waals surface area contributed by atoms with Gasteiger partial charge < -0.3 is 18.8 Å². The third-order valence-electron chi connectivity index (χ3n) is 4.90. The summed E-state index contributed by atoms with van der Waals surface area (Å²) in [5.41, 5.74) is 1.43. The molecule has 0 aliphatic rings. The number of fused-ring (bicyclic) bond motifs is 1. The first-order valence-corrected chi connectivity index (χ1v) is 11.8. The molecular weight excluding hydrogens is 436 g/mol. The molecule has 1 amide bonds. The molecule has 0 aliphatic carbocycles. The van der Waals surface area contributed by atoms with Crippen molar-refractivity contribution in [3.8, 4) is 17.2 Å². The first-order valence-electron chi connectivity index (χ1n) is 10.9. The number of ether oxygens (including phenoxy) is 3. The molecule has 4 aromatic rings. The lowest BCUT2D eigenvalue weighted by Gasteiger charge is -2.10. The Morgan fingerprint density at radius 1 is 0.909 bits per heavy atom. The summed E-state index contributed by atoms with van der Waals surface area (Å²) in [4.78, 5) is 18.0. The van der Waals surface area contributed by atoms with Crippen LogP contribution in [0.3, 0.4) is 0 Å². The fourth-order valence-electron chi connectivity index (χ4n) is 3.40. The van der Waals surface area contributed by atoms with Gasteiger partial charge >= 0.3 is 0 Å². The van der Waals surface area contributed by atoms with E-state index in [1.807, 2.05) is 66.9 Å². The molecule has 33 heavy (non-hydrogen) atoms. The first-order chi connectivity index (χ1) is 16.2. The van der Waals surface area contributed by atoms with Gasteiger partial charge in [0.1, 0.15) is 22.8 Å². The quantitative estimate of drug-likeness (QED) is 0.301. The molecule has 0 unspecified atom stereocenters. The van der Waals surface area contributed by atoms with E-state index in [1.54, 1.807) is 24.3 Å². The van der Waals surface area contributed by atoms with Crippen LogP contribution < -0.4 is 14.3 Å². The Morgan fingerprint density at radius 2 is 1.67 bits per heavy atom. The second kappa shape index (κ2) is 10.9. The maximum absolute atomic E-state index is 13.0. The van der Waals surface area contributed by atoms with Crippen molar-refractivity contribution in [2.45, 2.75) is 20.4 Å². The van der Waals surface area contributed by atoms with Crippen molar-refractivity contribution >= 4 is 27.5 Å².